The zero-order valence-corrected chi connectivity index (χ0v) is 13.9. The average molecular weight is 360 g/mol. The van der Waals surface area contributed by atoms with Gasteiger partial charge >= 0.3 is 6.09 Å². The quantitative estimate of drug-likeness (QED) is 0.809. The van der Waals surface area contributed by atoms with Gasteiger partial charge in [0.2, 0.25) is 0 Å². The molecule has 1 atom stereocenters. The van der Waals surface area contributed by atoms with Crippen LogP contribution in [0.5, 0.6) is 5.75 Å². The number of ether oxygens (including phenoxy) is 1. The number of carbonyl (C=O) groups is 1. The minimum atomic E-state index is -0.589. The van der Waals surface area contributed by atoms with Crippen molar-refractivity contribution in [2.45, 2.75) is 45.3 Å². The van der Waals surface area contributed by atoms with Crippen LogP contribution in [0, 0.1) is 5.82 Å². The van der Waals surface area contributed by atoms with Gasteiger partial charge in [0, 0.05) is 12.1 Å². The van der Waals surface area contributed by atoms with Crippen molar-refractivity contribution in [2.75, 3.05) is 6.54 Å². The molecule has 1 aromatic rings. The largest absolute Gasteiger partial charge is 0.506 e. The monoisotopic (exact) mass is 359 g/mol. The first-order valence-corrected chi connectivity index (χ1v) is 7.66. The van der Waals surface area contributed by atoms with E-state index in [1.165, 1.54) is 12.1 Å². The summed E-state index contributed by atoms with van der Waals surface area (Å²) in [6.07, 6.45) is 1.02. The number of benzene rings is 1. The van der Waals surface area contributed by atoms with Crippen molar-refractivity contribution in [3.63, 3.8) is 0 Å². The van der Waals surface area contributed by atoms with Gasteiger partial charge in [0.25, 0.3) is 0 Å². The Hall–Kier alpha value is -1.30. The van der Waals surface area contributed by atoms with Crippen molar-refractivity contribution < 1.29 is 19.0 Å². The third-order valence-corrected chi connectivity index (χ3v) is 3.90. The number of phenolic OH excluding ortho intramolecular Hbond substituents is 1. The first-order valence-electron chi connectivity index (χ1n) is 6.86. The number of nitrogens with zero attached hydrogens (tertiary/aromatic N) is 1. The van der Waals surface area contributed by atoms with Gasteiger partial charge < -0.3 is 14.7 Å². The minimum absolute atomic E-state index is 0.0307. The number of likely N-dealkylation sites (tertiary alicyclic amines) is 1. The van der Waals surface area contributed by atoms with Crippen LogP contribution in [0.25, 0.3) is 0 Å². The van der Waals surface area contributed by atoms with Gasteiger partial charge in [0.05, 0.1) is 10.5 Å². The highest BCUT2D eigenvalue weighted by molar-refractivity contribution is 9.10. The molecule has 1 fully saturated rings. The van der Waals surface area contributed by atoms with E-state index in [0.29, 0.717) is 18.5 Å². The van der Waals surface area contributed by atoms with Gasteiger partial charge in [-0.15, -0.1) is 0 Å². The SMILES string of the molecule is CC(C)(C)OC(=O)N1CCCC1c1cc(F)cc(Br)c1O. The summed E-state index contributed by atoms with van der Waals surface area (Å²) in [5, 5.41) is 10.1. The fraction of sp³-hybridized carbons (Fsp3) is 0.533. The fourth-order valence-electron chi connectivity index (χ4n) is 2.47. The number of hydrogen-bond acceptors (Lipinski definition) is 3. The predicted octanol–water partition coefficient (Wildman–Crippen LogP) is 4.37. The summed E-state index contributed by atoms with van der Waals surface area (Å²) in [7, 11) is 0. The van der Waals surface area contributed by atoms with Crippen LogP contribution < -0.4 is 0 Å². The maximum atomic E-state index is 13.6. The number of halogens is 2. The molecule has 0 saturated carbocycles. The number of phenols is 1. The third kappa shape index (κ3) is 3.67. The van der Waals surface area contributed by atoms with Gasteiger partial charge in [0.15, 0.2) is 0 Å². The maximum absolute atomic E-state index is 13.6. The summed E-state index contributed by atoms with van der Waals surface area (Å²) in [4.78, 5) is 13.8. The Morgan fingerprint density at radius 2 is 2.14 bits per heavy atom. The third-order valence-electron chi connectivity index (χ3n) is 3.30. The molecule has 0 spiro atoms. The fourth-order valence-corrected chi connectivity index (χ4v) is 2.92. The molecule has 6 heteroatoms. The standard InChI is InChI=1S/C15H19BrFNO3/c1-15(2,3)21-14(20)18-6-4-5-12(18)10-7-9(17)8-11(16)13(10)19/h7-8,12,19H,4-6H2,1-3H3. The molecular formula is C15H19BrFNO3. The van der Waals surface area contributed by atoms with Crippen LogP contribution in [0.15, 0.2) is 16.6 Å². The highest BCUT2D eigenvalue weighted by Gasteiger charge is 2.35. The summed E-state index contributed by atoms with van der Waals surface area (Å²) in [6.45, 7) is 5.93. The van der Waals surface area contributed by atoms with E-state index in [9.17, 15) is 14.3 Å². The van der Waals surface area contributed by atoms with Crippen molar-refractivity contribution in [1.29, 1.82) is 0 Å². The lowest BCUT2D eigenvalue weighted by molar-refractivity contribution is 0.0223. The lowest BCUT2D eigenvalue weighted by atomic mass is 10.0. The van der Waals surface area contributed by atoms with Crippen molar-refractivity contribution in [1.82, 2.24) is 4.90 Å². The Kier molecular flexibility index (Phi) is 4.46. The summed E-state index contributed by atoms with van der Waals surface area (Å²) < 4.78 is 19.2. The highest BCUT2D eigenvalue weighted by Crippen LogP contribution is 2.40. The molecule has 0 aromatic heterocycles. The Labute approximate surface area is 132 Å². The molecule has 1 N–H and O–H groups in total. The molecule has 1 aliphatic rings. The second kappa shape index (κ2) is 5.83. The predicted molar refractivity (Wildman–Crippen MR) is 80.7 cm³/mol. The number of rotatable bonds is 1. The molecular weight excluding hydrogens is 341 g/mol. The lowest BCUT2D eigenvalue weighted by Crippen LogP contribution is -2.36. The topological polar surface area (TPSA) is 49.8 Å². The number of aromatic hydroxyl groups is 1. The molecule has 1 aliphatic heterocycles. The molecule has 21 heavy (non-hydrogen) atoms. The summed E-state index contributed by atoms with van der Waals surface area (Å²) in [5.74, 6) is -0.484. The zero-order chi connectivity index (χ0) is 15.8. The minimum Gasteiger partial charge on any atom is -0.506 e. The van der Waals surface area contributed by atoms with E-state index in [4.69, 9.17) is 4.74 Å². The Bertz CT molecular complexity index is 557. The van der Waals surface area contributed by atoms with Gasteiger partial charge in [-0.3, -0.25) is 0 Å². The van der Waals surface area contributed by atoms with Crippen LogP contribution >= 0.6 is 15.9 Å². The van der Waals surface area contributed by atoms with Crippen LogP contribution in [-0.2, 0) is 4.74 Å². The molecule has 1 amide bonds. The second-order valence-electron chi connectivity index (χ2n) is 6.16. The van der Waals surface area contributed by atoms with E-state index in [1.54, 1.807) is 25.7 Å². The Morgan fingerprint density at radius 3 is 2.76 bits per heavy atom. The zero-order valence-electron chi connectivity index (χ0n) is 12.3. The maximum Gasteiger partial charge on any atom is 0.410 e. The van der Waals surface area contributed by atoms with Gasteiger partial charge in [-0.05, 0) is 61.7 Å². The Morgan fingerprint density at radius 1 is 1.48 bits per heavy atom. The van der Waals surface area contributed by atoms with Gasteiger partial charge in [-0.2, -0.15) is 0 Å². The first kappa shape index (κ1) is 16.1. The normalized spacial score (nSPS) is 18.9. The van der Waals surface area contributed by atoms with Gasteiger partial charge in [-0.1, -0.05) is 0 Å². The van der Waals surface area contributed by atoms with Crippen molar-refractivity contribution in [2.24, 2.45) is 0 Å². The van der Waals surface area contributed by atoms with Gasteiger partial charge in [0.1, 0.15) is 17.2 Å². The van der Waals surface area contributed by atoms with E-state index < -0.39 is 17.5 Å². The van der Waals surface area contributed by atoms with E-state index in [2.05, 4.69) is 15.9 Å². The van der Waals surface area contributed by atoms with E-state index in [1.807, 2.05) is 0 Å². The van der Waals surface area contributed by atoms with E-state index >= 15 is 0 Å². The summed E-state index contributed by atoms with van der Waals surface area (Å²) in [6, 6.07) is 2.10. The van der Waals surface area contributed by atoms with Crippen LogP contribution in [0.2, 0.25) is 0 Å². The number of carbonyl (C=O) groups excluding carboxylic acids is 1. The summed E-state index contributed by atoms with van der Waals surface area (Å²) in [5.41, 5.74) is -0.181. The Balaban J connectivity index is 2.29. The highest BCUT2D eigenvalue weighted by atomic mass is 79.9. The summed E-state index contributed by atoms with van der Waals surface area (Å²) >= 11 is 3.13. The molecule has 4 nitrogen and oxygen atoms in total. The molecule has 1 aromatic carbocycles. The van der Waals surface area contributed by atoms with Crippen molar-refractivity contribution >= 4 is 22.0 Å². The molecule has 0 aliphatic carbocycles. The van der Waals surface area contributed by atoms with Gasteiger partial charge in [-0.25, -0.2) is 9.18 Å². The smallest absolute Gasteiger partial charge is 0.410 e. The molecule has 1 unspecified atom stereocenters. The van der Waals surface area contributed by atoms with Crippen LogP contribution in [0.1, 0.15) is 45.2 Å². The van der Waals surface area contributed by atoms with E-state index in [0.717, 1.165) is 6.42 Å². The molecule has 1 saturated heterocycles. The van der Waals surface area contributed by atoms with Crippen LogP contribution in [0.4, 0.5) is 9.18 Å². The molecule has 2 rings (SSSR count). The lowest BCUT2D eigenvalue weighted by Gasteiger charge is -2.29. The van der Waals surface area contributed by atoms with Crippen LogP contribution in [-0.4, -0.2) is 28.2 Å². The van der Waals surface area contributed by atoms with Crippen molar-refractivity contribution in [3.05, 3.63) is 28.0 Å². The number of amides is 1. The first-order chi connectivity index (χ1) is 9.69. The molecule has 1 heterocycles. The second-order valence-corrected chi connectivity index (χ2v) is 7.01. The van der Waals surface area contributed by atoms with Crippen LogP contribution in [0.3, 0.4) is 0 Å². The van der Waals surface area contributed by atoms with Crippen molar-refractivity contribution in [3.8, 4) is 5.75 Å². The number of hydrogen-bond donors (Lipinski definition) is 1. The average Bonchev–Trinajstić information content (AvgIpc) is 2.80. The molecule has 0 radical (unpaired) electrons. The van der Waals surface area contributed by atoms with E-state index in [-0.39, 0.29) is 16.3 Å². The molecule has 0 bridgehead atoms. The molecule has 116 valence electrons.